The Hall–Kier alpha value is -1.66. The summed E-state index contributed by atoms with van der Waals surface area (Å²) in [5.74, 6) is -0.116. The highest BCUT2D eigenvalue weighted by atomic mass is 32.1. The molecule has 6 heteroatoms. The third-order valence-corrected chi connectivity index (χ3v) is 5.65. The molecule has 2 N–H and O–H groups in total. The van der Waals surface area contributed by atoms with E-state index in [1.54, 1.807) is 0 Å². The first-order valence-corrected chi connectivity index (χ1v) is 9.43. The number of aryl methyl sites for hydroxylation is 2. The van der Waals surface area contributed by atoms with Crippen molar-refractivity contribution >= 4 is 37.2 Å². The first kappa shape index (κ1) is 20.7. The summed E-state index contributed by atoms with van der Waals surface area (Å²) in [6.45, 7) is 12.2. The van der Waals surface area contributed by atoms with Gasteiger partial charge in [-0.2, -0.15) is 12.6 Å². The lowest BCUT2D eigenvalue weighted by Crippen LogP contribution is -2.46. The van der Waals surface area contributed by atoms with Gasteiger partial charge in [-0.1, -0.05) is 24.6 Å². The minimum absolute atomic E-state index is 0.116. The molecule has 1 aromatic heterocycles. The molecule has 1 amide bonds. The van der Waals surface area contributed by atoms with Crippen molar-refractivity contribution in [3.05, 3.63) is 47.3 Å². The highest BCUT2D eigenvalue weighted by molar-refractivity contribution is 7.81. The van der Waals surface area contributed by atoms with Gasteiger partial charge < -0.3 is 15.0 Å². The molecule has 1 aromatic carbocycles. The molecule has 0 aliphatic rings. The zero-order valence-corrected chi connectivity index (χ0v) is 17.5. The molecule has 0 bridgehead atoms. The lowest BCUT2D eigenvalue weighted by molar-refractivity contribution is 0.0854. The van der Waals surface area contributed by atoms with Crippen LogP contribution in [0.2, 0.25) is 0 Å². The molecule has 0 atom stereocenters. The third-order valence-electron chi connectivity index (χ3n) is 5.11. The van der Waals surface area contributed by atoms with E-state index >= 15 is 0 Å². The Morgan fingerprint density at radius 3 is 2.58 bits per heavy atom. The molecule has 2 aromatic rings. The number of carbonyl (C=O) groups excluding carboxylic acids is 1. The van der Waals surface area contributed by atoms with Crippen molar-refractivity contribution in [3.63, 3.8) is 0 Å². The standard InChI is InChI=1S/C20H29BN2O2S/c1-7-16-17(10-11-22-16)23-18(24)14-9-8-13(2)15(12-14)21-25-19(3,4)20(5,6)26/h8-12,21-22,26H,7H2,1-6H3,(H,23,24). The zero-order valence-electron chi connectivity index (χ0n) is 16.6. The summed E-state index contributed by atoms with van der Waals surface area (Å²) < 4.78 is 5.85. The van der Waals surface area contributed by atoms with Crippen LogP contribution in [0.5, 0.6) is 0 Å². The molecular formula is C20H29BN2O2S. The number of hydrogen-bond acceptors (Lipinski definition) is 3. The summed E-state index contributed by atoms with van der Waals surface area (Å²) in [5, 5.41) is 2.98. The van der Waals surface area contributed by atoms with Crippen molar-refractivity contribution in [1.29, 1.82) is 0 Å². The Morgan fingerprint density at radius 1 is 1.27 bits per heavy atom. The number of anilines is 1. The summed E-state index contributed by atoms with van der Waals surface area (Å²) in [6, 6.07) is 7.60. The topological polar surface area (TPSA) is 54.1 Å². The number of nitrogens with one attached hydrogen (secondary N) is 2. The van der Waals surface area contributed by atoms with Crippen molar-refractivity contribution < 1.29 is 9.45 Å². The Balaban J connectivity index is 2.15. The fraction of sp³-hybridized carbons (Fsp3) is 0.450. The first-order valence-electron chi connectivity index (χ1n) is 8.98. The molecule has 0 unspecified atom stereocenters. The molecule has 0 aliphatic heterocycles. The quantitative estimate of drug-likeness (QED) is 0.514. The Bertz CT molecular complexity index is 778. The molecule has 1 heterocycles. The van der Waals surface area contributed by atoms with Gasteiger partial charge in [-0.15, -0.1) is 0 Å². The summed E-state index contributed by atoms with van der Waals surface area (Å²) in [6.07, 6.45) is 2.67. The average Bonchev–Trinajstić information content (AvgIpc) is 3.00. The highest BCUT2D eigenvalue weighted by Gasteiger charge is 2.34. The van der Waals surface area contributed by atoms with E-state index in [4.69, 9.17) is 4.65 Å². The maximum Gasteiger partial charge on any atom is 0.309 e. The van der Waals surface area contributed by atoms with Gasteiger partial charge in [-0.25, -0.2) is 0 Å². The van der Waals surface area contributed by atoms with Crippen LogP contribution >= 0.6 is 12.6 Å². The molecule has 0 saturated carbocycles. The summed E-state index contributed by atoms with van der Waals surface area (Å²) in [4.78, 5) is 15.8. The predicted octanol–water partition coefficient (Wildman–Crippen LogP) is 3.62. The Labute approximate surface area is 162 Å². The number of hydrogen-bond donors (Lipinski definition) is 3. The van der Waals surface area contributed by atoms with Crippen LogP contribution in [0.3, 0.4) is 0 Å². The number of benzene rings is 1. The second kappa shape index (κ2) is 7.93. The van der Waals surface area contributed by atoms with E-state index in [0.29, 0.717) is 13.0 Å². The van der Waals surface area contributed by atoms with Gasteiger partial charge in [0, 0.05) is 22.2 Å². The molecule has 2 rings (SSSR count). The first-order chi connectivity index (χ1) is 12.0. The number of thiol groups is 1. The fourth-order valence-electron chi connectivity index (χ4n) is 2.41. The molecule has 0 fully saturated rings. The second-order valence-electron chi connectivity index (χ2n) is 7.68. The number of H-pyrrole nitrogens is 1. The van der Waals surface area contributed by atoms with E-state index in [-0.39, 0.29) is 10.7 Å². The molecule has 4 nitrogen and oxygen atoms in total. The normalized spacial score (nSPS) is 12.1. The van der Waals surface area contributed by atoms with Crippen LogP contribution in [0, 0.1) is 6.92 Å². The van der Waals surface area contributed by atoms with Gasteiger partial charge in [0.25, 0.3) is 5.91 Å². The van der Waals surface area contributed by atoms with Crippen LogP contribution in [0.4, 0.5) is 5.69 Å². The molecule has 26 heavy (non-hydrogen) atoms. The van der Waals surface area contributed by atoms with Crippen LogP contribution in [0.1, 0.15) is 56.2 Å². The number of aromatic amines is 1. The van der Waals surface area contributed by atoms with Gasteiger partial charge in [-0.3, -0.25) is 4.79 Å². The molecule has 0 saturated heterocycles. The van der Waals surface area contributed by atoms with Crippen molar-refractivity contribution in [1.82, 2.24) is 4.98 Å². The molecular weight excluding hydrogens is 343 g/mol. The summed E-state index contributed by atoms with van der Waals surface area (Å²) in [7, 11) is 0.439. The van der Waals surface area contributed by atoms with Gasteiger partial charge in [0.15, 0.2) is 0 Å². The molecule has 0 spiro atoms. The van der Waals surface area contributed by atoms with E-state index in [2.05, 4.69) is 22.9 Å². The van der Waals surface area contributed by atoms with Gasteiger partial charge >= 0.3 is 7.48 Å². The Morgan fingerprint density at radius 2 is 1.96 bits per heavy atom. The smallest absolute Gasteiger partial charge is 0.309 e. The van der Waals surface area contributed by atoms with E-state index in [1.165, 1.54) is 0 Å². The third kappa shape index (κ3) is 4.74. The molecule has 0 aliphatic carbocycles. The van der Waals surface area contributed by atoms with Gasteiger partial charge in [0.2, 0.25) is 0 Å². The SMILES string of the molecule is CCc1[nH]ccc1NC(=O)c1ccc(C)c(BOC(C)(C)C(C)(C)S)c1. The number of amides is 1. The average molecular weight is 372 g/mol. The van der Waals surface area contributed by atoms with E-state index in [0.717, 1.165) is 28.8 Å². The summed E-state index contributed by atoms with van der Waals surface area (Å²) >= 11 is 4.64. The van der Waals surface area contributed by atoms with Gasteiger partial charge in [-0.05, 0) is 58.6 Å². The van der Waals surface area contributed by atoms with Gasteiger partial charge in [0.05, 0.1) is 11.3 Å². The lowest BCUT2D eigenvalue weighted by atomic mass is 9.80. The largest absolute Gasteiger partial charge is 0.428 e. The monoisotopic (exact) mass is 372 g/mol. The van der Waals surface area contributed by atoms with Gasteiger partial charge in [0.1, 0.15) is 0 Å². The van der Waals surface area contributed by atoms with Crippen LogP contribution in [0.25, 0.3) is 0 Å². The molecule has 140 valence electrons. The second-order valence-corrected chi connectivity index (χ2v) is 8.79. The van der Waals surface area contributed by atoms with Crippen molar-refractivity contribution in [3.8, 4) is 0 Å². The predicted molar refractivity (Wildman–Crippen MR) is 114 cm³/mol. The van der Waals surface area contributed by atoms with Crippen LogP contribution in [0.15, 0.2) is 30.5 Å². The Kier molecular flexibility index (Phi) is 6.30. The highest BCUT2D eigenvalue weighted by Crippen LogP contribution is 2.30. The van der Waals surface area contributed by atoms with Crippen molar-refractivity contribution in [2.75, 3.05) is 5.32 Å². The van der Waals surface area contributed by atoms with Crippen LogP contribution in [-0.2, 0) is 11.1 Å². The maximum absolute atomic E-state index is 12.6. The van der Waals surface area contributed by atoms with Crippen molar-refractivity contribution in [2.45, 2.75) is 58.3 Å². The van der Waals surface area contributed by atoms with E-state index in [9.17, 15) is 4.79 Å². The number of aromatic nitrogens is 1. The number of carbonyl (C=O) groups is 1. The summed E-state index contributed by atoms with van der Waals surface area (Å²) in [5.41, 5.74) is 4.18. The molecule has 0 radical (unpaired) electrons. The minimum Gasteiger partial charge on any atom is -0.428 e. The zero-order chi connectivity index (χ0) is 19.5. The van der Waals surface area contributed by atoms with E-state index in [1.807, 2.05) is 72.0 Å². The lowest BCUT2D eigenvalue weighted by Gasteiger charge is -2.38. The fourth-order valence-corrected chi connectivity index (χ4v) is 2.48. The van der Waals surface area contributed by atoms with Crippen molar-refractivity contribution in [2.24, 2.45) is 0 Å². The number of rotatable bonds is 7. The van der Waals surface area contributed by atoms with Crippen LogP contribution < -0.4 is 10.8 Å². The minimum atomic E-state index is -0.401. The van der Waals surface area contributed by atoms with E-state index < -0.39 is 5.60 Å². The maximum atomic E-state index is 12.6. The van der Waals surface area contributed by atoms with Crippen LogP contribution in [-0.4, -0.2) is 28.7 Å².